The van der Waals surface area contributed by atoms with Gasteiger partial charge in [-0.25, -0.2) is 0 Å². The zero-order chi connectivity index (χ0) is 20.5. The maximum Gasteiger partial charge on any atom is 0.326 e. The van der Waals surface area contributed by atoms with Crippen molar-refractivity contribution in [3.8, 4) is 5.75 Å². The molecule has 0 saturated heterocycles. The largest absolute Gasteiger partial charge is 0.497 e. The van der Waals surface area contributed by atoms with Gasteiger partial charge in [-0.1, -0.05) is 36.4 Å². The highest BCUT2D eigenvalue weighted by Gasteiger charge is 2.22. The Morgan fingerprint density at radius 1 is 1.07 bits per heavy atom. The van der Waals surface area contributed by atoms with Crippen molar-refractivity contribution >= 4 is 17.8 Å². The van der Waals surface area contributed by atoms with Crippen LogP contribution in [0.5, 0.6) is 5.75 Å². The van der Waals surface area contributed by atoms with Gasteiger partial charge >= 0.3 is 5.97 Å². The van der Waals surface area contributed by atoms with Crippen LogP contribution < -0.4 is 10.1 Å². The first-order valence-electron chi connectivity index (χ1n) is 8.81. The zero-order valence-electron chi connectivity index (χ0n) is 16.2. The summed E-state index contributed by atoms with van der Waals surface area (Å²) < 4.78 is 10.2. The molecule has 7 nitrogen and oxygen atoms in total. The molecule has 0 heterocycles. The van der Waals surface area contributed by atoms with Crippen molar-refractivity contribution in [1.29, 1.82) is 0 Å². The monoisotopic (exact) mass is 384 g/mol. The molecule has 7 heteroatoms. The maximum atomic E-state index is 12.4. The van der Waals surface area contributed by atoms with Crippen LogP contribution in [0.4, 0.5) is 0 Å². The molecule has 1 unspecified atom stereocenters. The Morgan fingerprint density at radius 3 is 2.46 bits per heavy atom. The van der Waals surface area contributed by atoms with Crippen LogP contribution in [0, 0.1) is 0 Å². The summed E-state index contributed by atoms with van der Waals surface area (Å²) in [6.45, 7) is 1.58. The van der Waals surface area contributed by atoms with Gasteiger partial charge < -0.3 is 19.7 Å². The minimum Gasteiger partial charge on any atom is -0.497 e. The van der Waals surface area contributed by atoms with Gasteiger partial charge in [0.25, 0.3) is 11.8 Å². The van der Waals surface area contributed by atoms with Crippen LogP contribution in [0.1, 0.15) is 22.8 Å². The summed E-state index contributed by atoms with van der Waals surface area (Å²) in [4.78, 5) is 37.9. The summed E-state index contributed by atoms with van der Waals surface area (Å²) >= 11 is 0. The fourth-order valence-corrected chi connectivity index (χ4v) is 2.55. The van der Waals surface area contributed by atoms with E-state index < -0.39 is 18.0 Å². The fraction of sp³-hybridized carbons (Fsp3) is 0.286. The number of hydrogen-bond donors (Lipinski definition) is 1. The first-order valence-corrected chi connectivity index (χ1v) is 8.81. The number of nitrogens with one attached hydrogen (secondary N) is 1. The Hall–Kier alpha value is -3.35. The van der Waals surface area contributed by atoms with Gasteiger partial charge in [0.2, 0.25) is 0 Å². The van der Waals surface area contributed by atoms with Crippen molar-refractivity contribution in [2.45, 2.75) is 19.6 Å². The van der Waals surface area contributed by atoms with Crippen LogP contribution in [-0.4, -0.2) is 49.5 Å². The third-order valence-electron chi connectivity index (χ3n) is 4.02. The van der Waals surface area contributed by atoms with Crippen LogP contribution in [0.3, 0.4) is 0 Å². The number of likely N-dealkylation sites (N-methyl/N-ethyl adjacent to an activating group) is 1. The topological polar surface area (TPSA) is 84.9 Å². The lowest BCUT2D eigenvalue weighted by Gasteiger charge is -2.21. The molecule has 2 amide bonds. The van der Waals surface area contributed by atoms with E-state index in [0.29, 0.717) is 17.9 Å². The molecule has 0 aliphatic rings. The molecule has 28 heavy (non-hydrogen) atoms. The summed E-state index contributed by atoms with van der Waals surface area (Å²) in [5, 5.41) is 2.47. The summed E-state index contributed by atoms with van der Waals surface area (Å²) in [5.41, 5.74) is 1.33. The molecule has 0 radical (unpaired) electrons. The van der Waals surface area contributed by atoms with Gasteiger partial charge in [0, 0.05) is 19.2 Å². The van der Waals surface area contributed by atoms with Crippen LogP contribution >= 0.6 is 0 Å². The van der Waals surface area contributed by atoms with Gasteiger partial charge in [0.15, 0.2) is 6.10 Å². The van der Waals surface area contributed by atoms with E-state index in [0.717, 1.165) is 5.56 Å². The van der Waals surface area contributed by atoms with Gasteiger partial charge in [0.05, 0.1) is 7.11 Å². The number of ether oxygens (including phenoxy) is 2. The minimum absolute atomic E-state index is 0.323. The second-order valence-electron chi connectivity index (χ2n) is 6.23. The number of methoxy groups -OCH3 is 1. The number of benzene rings is 2. The predicted molar refractivity (Wildman–Crippen MR) is 104 cm³/mol. The Bertz CT molecular complexity index is 823. The molecular weight excluding hydrogens is 360 g/mol. The second-order valence-corrected chi connectivity index (χ2v) is 6.23. The molecular formula is C21H24N2O5. The van der Waals surface area contributed by atoms with Gasteiger partial charge in [-0.2, -0.15) is 0 Å². The summed E-state index contributed by atoms with van der Waals surface area (Å²) in [5.74, 6) is -0.909. The second kappa shape index (κ2) is 10.1. The molecule has 0 fully saturated rings. The van der Waals surface area contributed by atoms with E-state index in [-0.39, 0.29) is 12.5 Å². The molecule has 1 atom stereocenters. The van der Waals surface area contributed by atoms with Crippen LogP contribution in [0.25, 0.3) is 0 Å². The van der Waals surface area contributed by atoms with Crippen molar-refractivity contribution in [3.05, 3.63) is 65.7 Å². The molecule has 0 aliphatic heterocycles. The Kier molecular flexibility index (Phi) is 7.56. The van der Waals surface area contributed by atoms with E-state index >= 15 is 0 Å². The molecule has 0 aliphatic carbocycles. The molecule has 2 aromatic carbocycles. The molecule has 2 aromatic rings. The number of rotatable bonds is 8. The van der Waals surface area contributed by atoms with Gasteiger partial charge in [-0.3, -0.25) is 14.4 Å². The van der Waals surface area contributed by atoms with Crippen LogP contribution in [0.15, 0.2) is 54.6 Å². The van der Waals surface area contributed by atoms with E-state index in [9.17, 15) is 14.4 Å². The summed E-state index contributed by atoms with van der Waals surface area (Å²) in [7, 11) is 3.14. The van der Waals surface area contributed by atoms with Crippen molar-refractivity contribution < 1.29 is 23.9 Å². The normalized spacial score (nSPS) is 11.2. The molecule has 0 spiro atoms. The van der Waals surface area contributed by atoms with Crippen LogP contribution in [0.2, 0.25) is 0 Å². The lowest BCUT2D eigenvalue weighted by molar-refractivity contribution is -0.157. The van der Waals surface area contributed by atoms with Gasteiger partial charge in [-0.05, 0) is 30.7 Å². The molecule has 1 N–H and O–H groups in total. The Labute approximate surface area is 164 Å². The van der Waals surface area contributed by atoms with Gasteiger partial charge in [-0.15, -0.1) is 0 Å². The average molecular weight is 384 g/mol. The summed E-state index contributed by atoms with van der Waals surface area (Å²) in [6.07, 6.45) is -0.949. The van der Waals surface area contributed by atoms with Crippen molar-refractivity contribution in [2.75, 3.05) is 20.7 Å². The number of nitrogens with zero attached hydrogens (tertiary/aromatic N) is 1. The molecule has 0 bridgehead atoms. The van der Waals surface area contributed by atoms with E-state index in [1.54, 1.807) is 31.3 Å². The number of hydrogen-bond acceptors (Lipinski definition) is 5. The molecule has 0 aromatic heterocycles. The van der Waals surface area contributed by atoms with Gasteiger partial charge in [0.1, 0.15) is 12.3 Å². The molecule has 148 valence electrons. The Balaban J connectivity index is 1.81. The predicted octanol–water partition coefficient (Wildman–Crippen LogP) is 2.02. The standard InChI is InChI=1S/C21H24N2O5/c1-15(21(26)23(2)14-16-8-5-4-6-9-16)28-19(24)13-22-20(25)17-10-7-11-18(12-17)27-3/h4-12,15H,13-14H2,1-3H3,(H,22,25). The quantitative estimate of drug-likeness (QED) is 0.704. The SMILES string of the molecule is COc1cccc(C(=O)NCC(=O)OC(C)C(=O)N(C)Cc2ccccc2)c1. The third kappa shape index (κ3) is 6.12. The number of carbonyl (C=O) groups excluding carboxylic acids is 3. The average Bonchev–Trinajstić information content (AvgIpc) is 2.72. The highest BCUT2D eigenvalue weighted by atomic mass is 16.5. The molecule has 0 saturated carbocycles. The van der Waals surface area contributed by atoms with Crippen molar-refractivity contribution in [1.82, 2.24) is 10.2 Å². The lowest BCUT2D eigenvalue weighted by Crippen LogP contribution is -2.39. The first kappa shape index (κ1) is 21.0. The lowest BCUT2D eigenvalue weighted by atomic mass is 10.2. The fourth-order valence-electron chi connectivity index (χ4n) is 2.55. The van der Waals surface area contributed by atoms with Crippen molar-refractivity contribution in [2.24, 2.45) is 0 Å². The smallest absolute Gasteiger partial charge is 0.326 e. The van der Waals surface area contributed by atoms with E-state index in [2.05, 4.69) is 5.32 Å². The van der Waals surface area contributed by atoms with E-state index in [1.165, 1.54) is 18.9 Å². The third-order valence-corrected chi connectivity index (χ3v) is 4.02. The van der Waals surface area contributed by atoms with E-state index in [4.69, 9.17) is 9.47 Å². The number of carbonyl (C=O) groups is 3. The maximum absolute atomic E-state index is 12.4. The first-order chi connectivity index (χ1) is 13.4. The van der Waals surface area contributed by atoms with Crippen molar-refractivity contribution in [3.63, 3.8) is 0 Å². The zero-order valence-corrected chi connectivity index (χ0v) is 16.2. The highest BCUT2D eigenvalue weighted by Crippen LogP contribution is 2.12. The minimum atomic E-state index is -0.949. The number of amides is 2. The Morgan fingerprint density at radius 2 is 1.79 bits per heavy atom. The highest BCUT2D eigenvalue weighted by molar-refractivity contribution is 5.96. The van der Waals surface area contributed by atoms with E-state index in [1.807, 2.05) is 30.3 Å². The molecule has 2 rings (SSSR count). The summed E-state index contributed by atoms with van der Waals surface area (Å²) in [6, 6.07) is 16.1. The number of esters is 1. The van der Waals surface area contributed by atoms with Crippen LogP contribution in [-0.2, 0) is 20.9 Å².